The lowest BCUT2D eigenvalue weighted by Crippen LogP contribution is -2.29. The maximum atomic E-state index is 12.3. The Morgan fingerprint density at radius 3 is 2.46 bits per heavy atom. The van der Waals surface area contributed by atoms with Crippen molar-refractivity contribution in [1.82, 2.24) is 20.3 Å². The minimum absolute atomic E-state index is 0.113. The number of amides is 1. The zero-order valence-corrected chi connectivity index (χ0v) is 14.9. The molecule has 0 bridgehead atoms. The lowest BCUT2D eigenvalue weighted by atomic mass is 10.0. The number of hydrogen-bond acceptors (Lipinski definition) is 4. The van der Waals surface area contributed by atoms with Gasteiger partial charge >= 0.3 is 0 Å². The monoisotopic (exact) mass is 348 g/mol. The van der Waals surface area contributed by atoms with Crippen LogP contribution in [0.4, 0.5) is 0 Å². The number of aromatic amines is 1. The molecule has 2 heterocycles. The number of pyridine rings is 1. The van der Waals surface area contributed by atoms with Crippen LogP contribution in [-0.2, 0) is 0 Å². The summed E-state index contributed by atoms with van der Waals surface area (Å²) in [5, 5.41) is 2.87. The Morgan fingerprint density at radius 1 is 1.08 bits per heavy atom. The number of carbonyl (C=O) groups excluding carboxylic acids is 1. The number of rotatable bonds is 4. The van der Waals surface area contributed by atoms with E-state index in [2.05, 4.69) is 20.3 Å². The Bertz CT molecular complexity index is 993. The van der Waals surface area contributed by atoms with E-state index in [4.69, 9.17) is 0 Å². The van der Waals surface area contributed by atoms with Crippen LogP contribution in [0.15, 0.2) is 53.5 Å². The normalized spacial score (nSPS) is 11.8. The summed E-state index contributed by atoms with van der Waals surface area (Å²) in [5.74, 6) is 0.0350. The van der Waals surface area contributed by atoms with Crippen molar-refractivity contribution in [1.29, 1.82) is 0 Å². The van der Waals surface area contributed by atoms with Crippen molar-refractivity contribution in [2.45, 2.75) is 26.8 Å². The SMILES string of the molecule is Cc1cc(-c2ccc(C(C)NC(=O)c3cc(=O)[nH]c(C)n3)cc2)ccn1. The number of hydrogen-bond donors (Lipinski definition) is 2. The topological polar surface area (TPSA) is 87.7 Å². The van der Waals surface area contributed by atoms with Gasteiger partial charge in [0, 0.05) is 18.0 Å². The Labute approximate surface area is 151 Å². The van der Waals surface area contributed by atoms with E-state index in [0.29, 0.717) is 5.82 Å². The molecule has 1 aromatic carbocycles. The molecule has 0 aliphatic heterocycles. The summed E-state index contributed by atoms with van der Waals surface area (Å²) in [6.45, 7) is 5.49. The first-order chi connectivity index (χ1) is 12.4. The highest BCUT2D eigenvalue weighted by molar-refractivity contribution is 5.92. The van der Waals surface area contributed by atoms with Crippen LogP contribution < -0.4 is 10.9 Å². The second-order valence-corrected chi connectivity index (χ2v) is 6.22. The quantitative estimate of drug-likeness (QED) is 0.759. The fraction of sp³-hybridized carbons (Fsp3) is 0.200. The van der Waals surface area contributed by atoms with Gasteiger partial charge in [0.1, 0.15) is 11.5 Å². The summed E-state index contributed by atoms with van der Waals surface area (Å²) in [6, 6.07) is 13.0. The predicted molar refractivity (Wildman–Crippen MR) is 99.9 cm³/mol. The van der Waals surface area contributed by atoms with E-state index in [9.17, 15) is 9.59 Å². The second kappa shape index (κ2) is 7.31. The van der Waals surface area contributed by atoms with Crippen molar-refractivity contribution in [2.24, 2.45) is 0 Å². The third-order valence-electron chi connectivity index (χ3n) is 4.08. The van der Waals surface area contributed by atoms with Gasteiger partial charge in [-0.1, -0.05) is 24.3 Å². The lowest BCUT2D eigenvalue weighted by Gasteiger charge is -2.15. The molecule has 3 aromatic rings. The molecule has 6 nitrogen and oxygen atoms in total. The van der Waals surface area contributed by atoms with Crippen molar-refractivity contribution in [2.75, 3.05) is 0 Å². The summed E-state index contributed by atoms with van der Waals surface area (Å²) >= 11 is 0. The minimum atomic E-state index is -0.375. The van der Waals surface area contributed by atoms with Crippen LogP contribution in [0.3, 0.4) is 0 Å². The molecule has 2 aromatic heterocycles. The van der Waals surface area contributed by atoms with E-state index in [1.807, 2.05) is 50.2 Å². The fourth-order valence-electron chi connectivity index (χ4n) is 2.74. The van der Waals surface area contributed by atoms with E-state index in [1.54, 1.807) is 13.1 Å². The van der Waals surface area contributed by atoms with Crippen LogP contribution in [-0.4, -0.2) is 20.9 Å². The van der Waals surface area contributed by atoms with Gasteiger partial charge in [0.05, 0.1) is 6.04 Å². The average molecular weight is 348 g/mol. The minimum Gasteiger partial charge on any atom is -0.344 e. The first-order valence-corrected chi connectivity index (χ1v) is 8.34. The molecular formula is C20H20N4O2. The molecule has 0 saturated heterocycles. The predicted octanol–water partition coefficient (Wildman–Crippen LogP) is 2.94. The van der Waals surface area contributed by atoms with Crippen molar-refractivity contribution in [3.8, 4) is 11.1 Å². The Hall–Kier alpha value is -3.28. The van der Waals surface area contributed by atoms with Crippen LogP contribution in [0.25, 0.3) is 11.1 Å². The highest BCUT2D eigenvalue weighted by atomic mass is 16.2. The summed E-state index contributed by atoms with van der Waals surface area (Å²) in [5.41, 5.74) is 3.89. The Morgan fingerprint density at radius 2 is 1.81 bits per heavy atom. The third kappa shape index (κ3) is 4.03. The van der Waals surface area contributed by atoms with Crippen LogP contribution in [0.1, 0.15) is 40.5 Å². The lowest BCUT2D eigenvalue weighted by molar-refractivity contribution is 0.0934. The smallest absolute Gasteiger partial charge is 0.270 e. The largest absolute Gasteiger partial charge is 0.344 e. The highest BCUT2D eigenvalue weighted by Gasteiger charge is 2.14. The van der Waals surface area contributed by atoms with Gasteiger partial charge in [-0.25, -0.2) is 4.98 Å². The van der Waals surface area contributed by atoms with Crippen molar-refractivity contribution in [3.63, 3.8) is 0 Å². The number of nitrogens with zero attached hydrogens (tertiary/aromatic N) is 2. The number of aryl methyl sites for hydroxylation is 2. The summed E-state index contributed by atoms with van der Waals surface area (Å²) in [7, 11) is 0. The molecule has 2 N–H and O–H groups in total. The molecule has 0 saturated carbocycles. The number of H-pyrrole nitrogens is 1. The Kier molecular flexibility index (Phi) is 4.93. The van der Waals surface area contributed by atoms with Crippen molar-refractivity contribution >= 4 is 5.91 Å². The molecular weight excluding hydrogens is 328 g/mol. The number of benzene rings is 1. The first kappa shape index (κ1) is 17.5. The summed E-state index contributed by atoms with van der Waals surface area (Å²) in [6.07, 6.45) is 1.79. The molecule has 3 rings (SSSR count). The molecule has 0 fully saturated rings. The van der Waals surface area contributed by atoms with Gasteiger partial charge in [0.2, 0.25) is 0 Å². The van der Waals surface area contributed by atoms with Gasteiger partial charge < -0.3 is 10.3 Å². The molecule has 1 unspecified atom stereocenters. The molecule has 132 valence electrons. The average Bonchev–Trinajstić information content (AvgIpc) is 2.61. The molecule has 0 aliphatic rings. The fourth-order valence-corrected chi connectivity index (χ4v) is 2.74. The second-order valence-electron chi connectivity index (χ2n) is 6.22. The van der Waals surface area contributed by atoms with Gasteiger partial charge in [0.15, 0.2) is 0 Å². The van der Waals surface area contributed by atoms with Gasteiger partial charge in [0.25, 0.3) is 11.5 Å². The number of nitrogens with one attached hydrogen (secondary N) is 2. The van der Waals surface area contributed by atoms with E-state index in [-0.39, 0.29) is 23.2 Å². The first-order valence-electron chi connectivity index (χ1n) is 8.34. The molecule has 6 heteroatoms. The molecule has 1 atom stereocenters. The Balaban J connectivity index is 1.74. The van der Waals surface area contributed by atoms with E-state index < -0.39 is 0 Å². The molecule has 1 amide bonds. The van der Waals surface area contributed by atoms with Gasteiger partial charge in [-0.3, -0.25) is 14.6 Å². The maximum Gasteiger partial charge on any atom is 0.270 e. The third-order valence-corrected chi connectivity index (χ3v) is 4.08. The molecule has 0 radical (unpaired) electrons. The van der Waals surface area contributed by atoms with Gasteiger partial charge in [-0.05, 0) is 49.6 Å². The summed E-state index contributed by atoms with van der Waals surface area (Å²) in [4.78, 5) is 34.6. The van der Waals surface area contributed by atoms with Crippen LogP contribution in [0, 0.1) is 13.8 Å². The number of aromatic nitrogens is 3. The number of carbonyl (C=O) groups is 1. The zero-order valence-electron chi connectivity index (χ0n) is 14.9. The van der Waals surface area contributed by atoms with Crippen LogP contribution in [0.2, 0.25) is 0 Å². The molecule has 0 aliphatic carbocycles. The van der Waals surface area contributed by atoms with Gasteiger partial charge in [-0.15, -0.1) is 0 Å². The molecule has 26 heavy (non-hydrogen) atoms. The standard InChI is InChI=1S/C20H20N4O2/c1-12-10-17(8-9-21-12)16-6-4-15(5-7-16)13(2)22-20(26)18-11-19(25)24-14(3)23-18/h4-11,13H,1-3H3,(H,22,26)(H,23,24,25). The van der Waals surface area contributed by atoms with E-state index >= 15 is 0 Å². The van der Waals surface area contributed by atoms with Crippen molar-refractivity contribution in [3.05, 3.63) is 81.8 Å². The maximum absolute atomic E-state index is 12.3. The van der Waals surface area contributed by atoms with Crippen molar-refractivity contribution < 1.29 is 4.79 Å². The van der Waals surface area contributed by atoms with E-state index in [1.165, 1.54) is 6.07 Å². The highest BCUT2D eigenvalue weighted by Crippen LogP contribution is 2.22. The molecule has 0 spiro atoms. The van der Waals surface area contributed by atoms with Crippen LogP contribution in [0.5, 0.6) is 0 Å². The van der Waals surface area contributed by atoms with Crippen LogP contribution >= 0.6 is 0 Å². The van der Waals surface area contributed by atoms with Gasteiger partial charge in [-0.2, -0.15) is 0 Å². The van der Waals surface area contributed by atoms with E-state index in [0.717, 1.165) is 22.4 Å². The zero-order chi connectivity index (χ0) is 18.7. The summed E-state index contributed by atoms with van der Waals surface area (Å²) < 4.78 is 0.